The third-order valence-electron chi connectivity index (χ3n) is 4.82. The predicted octanol–water partition coefficient (Wildman–Crippen LogP) is 2.58. The summed E-state index contributed by atoms with van der Waals surface area (Å²) >= 11 is 0. The Bertz CT molecular complexity index is 971. The van der Waals surface area contributed by atoms with Crippen LogP contribution in [-0.4, -0.2) is 47.7 Å². The summed E-state index contributed by atoms with van der Waals surface area (Å²) in [6.07, 6.45) is 0.203. The standard InChI is InChI=1S/C21H21F2N3O3/c1-12(27)24-15-8-7-13-10-18(20(28)25(2)3)26(11-14(13)9-15)21(29)19-16(22)5-4-6-17(19)23/h4-9,18H,10-11H2,1-3H3,(H,24,27)/t18-/m1/s1. The zero-order valence-corrected chi connectivity index (χ0v) is 16.3. The van der Waals surface area contributed by atoms with Crippen molar-refractivity contribution >= 4 is 23.4 Å². The molecule has 0 unspecified atom stereocenters. The number of carbonyl (C=O) groups excluding carboxylic acids is 3. The first-order valence-corrected chi connectivity index (χ1v) is 9.04. The van der Waals surface area contributed by atoms with Crippen LogP contribution in [0.3, 0.4) is 0 Å². The summed E-state index contributed by atoms with van der Waals surface area (Å²) in [6.45, 7) is 1.36. The molecule has 8 heteroatoms. The Labute approximate surface area is 167 Å². The van der Waals surface area contributed by atoms with Gasteiger partial charge in [0.25, 0.3) is 5.91 Å². The zero-order valence-electron chi connectivity index (χ0n) is 16.3. The molecule has 0 radical (unpaired) electrons. The molecule has 29 heavy (non-hydrogen) atoms. The fourth-order valence-corrected chi connectivity index (χ4v) is 3.44. The van der Waals surface area contributed by atoms with Crippen LogP contribution in [0.1, 0.15) is 28.4 Å². The molecule has 0 spiro atoms. The summed E-state index contributed by atoms with van der Waals surface area (Å²) in [5, 5.41) is 2.66. The van der Waals surface area contributed by atoms with Crippen molar-refractivity contribution in [3.8, 4) is 0 Å². The molecule has 1 aliphatic heterocycles. The first-order chi connectivity index (χ1) is 13.7. The molecule has 1 atom stereocenters. The van der Waals surface area contributed by atoms with Gasteiger partial charge in [0.05, 0.1) is 0 Å². The van der Waals surface area contributed by atoms with E-state index < -0.39 is 29.1 Å². The maximum absolute atomic E-state index is 14.2. The molecule has 3 amide bonds. The minimum atomic E-state index is -0.983. The second kappa shape index (κ2) is 7.98. The van der Waals surface area contributed by atoms with Crippen molar-refractivity contribution in [1.29, 1.82) is 0 Å². The highest BCUT2D eigenvalue weighted by Crippen LogP contribution is 2.29. The average molecular weight is 401 g/mol. The fourth-order valence-electron chi connectivity index (χ4n) is 3.44. The van der Waals surface area contributed by atoms with Gasteiger partial charge >= 0.3 is 0 Å². The number of nitrogens with one attached hydrogen (secondary N) is 1. The first-order valence-electron chi connectivity index (χ1n) is 9.04. The van der Waals surface area contributed by atoms with E-state index in [2.05, 4.69) is 5.32 Å². The Morgan fingerprint density at radius 2 is 1.72 bits per heavy atom. The molecule has 1 N–H and O–H groups in total. The quantitative estimate of drug-likeness (QED) is 0.860. The highest BCUT2D eigenvalue weighted by Gasteiger charge is 2.37. The van der Waals surface area contributed by atoms with Gasteiger partial charge in [-0.1, -0.05) is 12.1 Å². The zero-order chi connectivity index (χ0) is 21.3. The summed E-state index contributed by atoms with van der Waals surface area (Å²) in [4.78, 5) is 39.6. The van der Waals surface area contributed by atoms with Gasteiger partial charge in [0.15, 0.2) is 0 Å². The highest BCUT2D eigenvalue weighted by molar-refractivity contribution is 5.98. The monoisotopic (exact) mass is 401 g/mol. The first kappa shape index (κ1) is 20.4. The van der Waals surface area contributed by atoms with Crippen LogP contribution in [0.4, 0.5) is 14.5 Å². The van der Waals surface area contributed by atoms with Crippen molar-refractivity contribution in [3.05, 3.63) is 64.7 Å². The number of amides is 3. The molecule has 2 aromatic rings. The van der Waals surface area contributed by atoms with Gasteiger partial charge in [-0.05, 0) is 35.4 Å². The van der Waals surface area contributed by atoms with E-state index in [1.54, 1.807) is 32.3 Å². The normalized spacial score (nSPS) is 15.5. The Kier molecular flexibility index (Phi) is 5.63. The van der Waals surface area contributed by atoms with Crippen LogP contribution >= 0.6 is 0 Å². The van der Waals surface area contributed by atoms with Crippen molar-refractivity contribution in [2.75, 3.05) is 19.4 Å². The van der Waals surface area contributed by atoms with E-state index in [1.165, 1.54) is 22.8 Å². The smallest absolute Gasteiger partial charge is 0.260 e. The minimum absolute atomic E-state index is 0.0143. The number of benzene rings is 2. The van der Waals surface area contributed by atoms with Crippen molar-refractivity contribution < 1.29 is 23.2 Å². The van der Waals surface area contributed by atoms with Crippen LogP contribution in [0.25, 0.3) is 0 Å². The molecule has 0 aromatic heterocycles. The Morgan fingerprint density at radius 3 is 2.31 bits per heavy atom. The molecule has 1 heterocycles. The van der Waals surface area contributed by atoms with Crippen molar-refractivity contribution in [1.82, 2.24) is 9.80 Å². The largest absolute Gasteiger partial charge is 0.347 e. The number of likely N-dealkylation sites (N-methyl/N-ethyl adjacent to an activating group) is 1. The Morgan fingerprint density at radius 1 is 1.07 bits per heavy atom. The van der Waals surface area contributed by atoms with E-state index in [-0.39, 0.29) is 24.8 Å². The lowest BCUT2D eigenvalue weighted by Crippen LogP contribution is -2.52. The molecule has 0 saturated carbocycles. The van der Waals surface area contributed by atoms with Gasteiger partial charge in [0.1, 0.15) is 23.2 Å². The van der Waals surface area contributed by atoms with Gasteiger partial charge in [-0.2, -0.15) is 0 Å². The summed E-state index contributed by atoms with van der Waals surface area (Å²) in [5.41, 5.74) is 1.38. The summed E-state index contributed by atoms with van der Waals surface area (Å²) in [6, 6.07) is 7.49. The van der Waals surface area contributed by atoms with Gasteiger partial charge in [-0.25, -0.2) is 8.78 Å². The highest BCUT2D eigenvalue weighted by atomic mass is 19.1. The van der Waals surface area contributed by atoms with Crippen LogP contribution < -0.4 is 5.32 Å². The van der Waals surface area contributed by atoms with E-state index in [9.17, 15) is 23.2 Å². The van der Waals surface area contributed by atoms with E-state index in [0.717, 1.165) is 17.7 Å². The second-order valence-corrected chi connectivity index (χ2v) is 7.15. The van der Waals surface area contributed by atoms with Crippen molar-refractivity contribution in [2.45, 2.75) is 25.9 Å². The molecule has 0 aliphatic carbocycles. The lowest BCUT2D eigenvalue weighted by Gasteiger charge is -2.37. The maximum Gasteiger partial charge on any atom is 0.260 e. The number of nitrogens with zero attached hydrogens (tertiary/aromatic N) is 2. The lowest BCUT2D eigenvalue weighted by molar-refractivity contribution is -0.134. The van der Waals surface area contributed by atoms with Crippen LogP contribution in [0.5, 0.6) is 0 Å². The summed E-state index contributed by atoms with van der Waals surface area (Å²) in [5.74, 6) is -3.45. The molecule has 0 saturated heterocycles. The average Bonchev–Trinajstić information content (AvgIpc) is 2.65. The number of rotatable bonds is 3. The third kappa shape index (κ3) is 4.11. The number of carbonyl (C=O) groups is 3. The van der Waals surface area contributed by atoms with Crippen LogP contribution in [0.2, 0.25) is 0 Å². The van der Waals surface area contributed by atoms with Crippen LogP contribution in [-0.2, 0) is 22.6 Å². The fraction of sp³-hybridized carbons (Fsp3) is 0.286. The van der Waals surface area contributed by atoms with E-state index >= 15 is 0 Å². The molecule has 0 bridgehead atoms. The van der Waals surface area contributed by atoms with E-state index in [1.807, 2.05) is 0 Å². The molecule has 6 nitrogen and oxygen atoms in total. The van der Waals surface area contributed by atoms with Gasteiger partial charge in [-0.3, -0.25) is 14.4 Å². The van der Waals surface area contributed by atoms with Gasteiger partial charge in [-0.15, -0.1) is 0 Å². The predicted molar refractivity (Wildman–Crippen MR) is 103 cm³/mol. The molecular formula is C21H21F2N3O3. The van der Waals surface area contributed by atoms with Gasteiger partial charge < -0.3 is 15.1 Å². The molecule has 3 rings (SSSR count). The maximum atomic E-state index is 14.2. The Balaban J connectivity index is 2.04. The Hall–Kier alpha value is -3.29. The molecule has 152 valence electrons. The third-order valence-corrected chi connectivity index (χ3v) is 4.82. The van der Waals surface area contributed by atoms with Crippen LogP contribution in [0, 0.1) is 11.6 Å². The number of anilines is 1. The SMILES string of the molecule is CC(=O)Nc1ccc2c(c1)CN(C(=O)c1c(F)cccc1F)[C@@H](C(=O)N(C)C)C2. The molecule has 2 aromatic carbocycles. The van der Waals surface area contributed by atoms with E-state index in [4.69, 9.17) is 0 Å². The molecular weight excluding hydrogens is 380 g/mol. The van der Waals surface area contributed by atoms with E-state index in [0.29, 0.717) is 11.3 Å². The van der Waals surface area contributed by atoms with Crippen LogP contribution in [0.15, 0.2) is 36.4 Å². The number of halogens is 2. The lowest BCUT2D eigenvalue weighted by atomic mass is 9.92. The van der Waals surface area contributed by atoms with Crippen molar-refractivity contribution in [2.24, 2.45) is 0 Å². The molecule has 1 aliphatic rings. The number of hydrogen-bond donors (Lipinski definition) is 1. The van der Waals surface area contributed by atoms with Gasteiger partial charge in [0.2, 0.25) is 11.8 Å². The molecule has 0 fully saturated rings. The number of hydrogen-bond acceptors (Lipinski definition) is 3. The second-order valence-electron chi connectivity index (χ2n) is 7.15. The van der Waals surface area contributed by atoms with Gasteiger partial charge in [0, 0.05) is 39.7 Å². The number of fused-ring (bicyclic) bond motifs is 1. The summed E-state index contributed by atoms with van der Waals surface area (Å²) < 4.78 is 28.4. The van der Waals surface area contributed by atoms with Crippen molar-refractivity contribution in [3.63, 3.8) is 0 Å². The topological polar surface area (TPSA) is 69.7 Å². The minimum Gasteiger partial charge on any atom is -0.347 e. The summed E-state index contributed by atoms with van der Waals surface area (Å²) in [7, 11) is 3.12.